The SMILES string of the molecule is Cc1cnc(C(=O)NC2CCNC2)o1. The number of aryl methyl sites for hydroxylation is 1. The van der Waals surface area contributed by atoms with E-state index >= 15 is 0 Å². The highest BCUT2D eigenvalue weighted by Crippen LogP contribution is 2.03. The van der Waals surface area contributed by atoms with Crippen LogP contribution in [0.3, 0.4) is 0 Å². The van der Waals surface area contributed by atoms with Crippen LogP contribution < -0.4 is 10.6 Å². The van der Waals surface area contributed by atoms with E-state index in [2.05, 4.69) is 15.6 Å². The van der Waals surface area contributed by atoms with Crippen molar-refractivity contribution >= 4 is 5.91 Å². The molecule has 76 valence electrons. The van der Waals surface area contributed by atoms with Crippen LogP contribution in [0.25, 0.3) is 0 Å². The molecule has 14 heavy (non-hydrogen) atoms. The fraction of sp³-hybridized carbons (Fsp3) is 0.556. The monoisotopic (exact) mass is 195 g/mol. The number of rotatable bonds is 2. The number of hydrogen-bond acceptors (Lipinski definition) is 4. The molecule has 0 bridgehead atoms. The van der Waals surface area contributed by atoms with Crippen molar-refractivity contribution in [1.29, 1.82) is 0 Å². The number of oxazole rings is 1. The van der Waals surface area contributed by atoms with Gasteiger partial charge in [-0.1, -0.05) is 0 Å². The summed E-state index contributed by atoms with van der Waals surface area (Å²) in [6, 6.07) is 0.203. The number of hydrogen-bond donors (Lipinski definition) is 2. The van der Waals surface area contributed by atoms with E-state index in [4.69, 9.17) is 4.42 Å². The molecule has 1 amide bonds. The third-order valence-electron chi connectivity index (χ3n) is 2.21. The lowest BCUT2D eigenvalue weighted by atomic mass is 10.2. The van der Waals surface area contributed by atoms with Gasteiger partial charge in [0.1, 0.15) is 5.76 Å². The van der Waals surface area contributed by atoms with Gasteiger partial charge in [-0.05, 0) is 19.9 Å². The molecule has 2 rings (SSSR count). The molecule has 0 spiro atoms. The molecular formula is C9H13N3O2. The minimum absolute atomic E-state index is 0.148. The normalized spacial score (nSPS) is 21.1. The van der Waals surface area contributed by atoms with Gasteiger partial charge in [-0.3, -0.25) is 4.79 Å². The van der Waals surface area contributed by atoms with Crippen LogP contribution in [0, 0.1) is 6.92 Å². The Bertz CT molecular complexity index is 329. The first-order valence-electron chi connectivity index (χ1n) is 4.70. The molecule has 1 atom stereocenters. The number of carbonyl (C=O) groups is 1. The highest BCUT2D eigenvalue weighted by atomic mass is 16.4. The molecule has 0 aliphatic carbocycles. The minimum Gasteiger partial charge on any atom is -0.438 e. The van der Waals surface area contributed by atoms with Crippen molar-refractivity contribution in [3.63, 3.8) is 0 Å². The average molecular weight is 195 g/mol. The van der Waals surface area contributed by atoms with Crippen molar-refractivity contribution in [2.24, 2.45) is 0 Å². The fourth-order valence-electron chi connectivity index (χ4n) is 1.48. The van der Waals surface area contributed by atoms with Gasteiger partial charge in [-0.2, -0.15) is 0 Å². The summed E-state index contributed by atoms with van der Waals surface area (Å²) in [6.45, 7) is 3.54. The zero-order valence-electron chi connectivity index (χ0n) is 8.04. The van der Waals surface area contributed by atoms with E-state index in [1.54, 1.807) is 13.1 Å². The zero-order chi connectivity index (χ0) is 9.97. The molecule has 0 saturated carbocycles. The minimum atomic E-state index is -0.230. The zero-order valence-corrected chi connectivity index (χ0v) is 8.04. The number of carbonyl (C=O) groups excluding carboxylic acids is 1. The number of aromatic nitrogens is 1. The molecule has 0 radical (unpaired) electrons. The largest absolute Gasteiger partial charge is 0.438 e. The summed E-state index contributed by atoms with van der Waals surface area (Å²) >= 11 is 0. The van der Waals surface area contributed by atoms with E-state index in [0.29, 0.717) is 5.76 Å². The molecule has 1 aromatic heterocycles. The molecule has 5 heteroatoms. The standard InChI is InChI=1S/C9H13N3O2/c1-6-4-11-9(14-6)8(13)12-7-2-3-10-5-7/h4,7,10H,2-3,5H2,1H3,(H,12,13). The fourth-order valence-corrected chi connectivity index (χ4v) is 1.48. The summed E-state index contributed by atoms with van der Waals surface area (Å²) in [4.78, 5) is 15.4. The molecule has 1 aliphatic rings. The number of nitrogens with zero attached hydrogens (tertiary/aromatic N) is 1. The van der Waals surface area contributed by atoms with E-state index < -0.39 is 0 Å². The van der Waals surface area contributed by atoms with Gasteiger partial charge in [0.15, 0.2) is 0 Å². The quantitative estimate of drug-likeness (QED) is 0.701. The van der Waals surface area contributed by atoms with Crippen LogP contribution in [0.5, 0.6) is 0 Å². The van der Waals surface area contributed by atoms with Gasteiger partial charge in [0.2, 0.25) is 0 Å². The molecule has 0 aromatic carbocycles. The van der Waals surface area contributed by atoms with Crippen LogP contribution in [0.15, 0.2) is 10.6 Å². The van der Waals surface area contributed by atoms with Crippen LogP contribution in [0.4, 0.5) is 0 Å². The predicted molar refractivity (Wildman–Crippen MR) is 50.0 cm³/mol. The van der Waals surface area contributed by atoms with Crippen molar-refractivity contribution in [2.45, 2.75) is 19.4 Å². The number of nitrogens with one attached hydrogen (secondary N) is 2. The van der Waals surface area contributed by atoms with Crippen molar-refractivity contribution in [3.05, 3.63) is 17.8 Å². The lowest BCUT2D eigenvalue weighted by molar-refractivity contribution is 0.0903. The Labute approximate surface area is 81.9 Å². The Morgan fingerprint density at radius 1 is 1.79 bits per heavy atom. The van der Waals surface area contributed by atoms with Gasteiger partial charge in [0.05, 0.1) is 6.20 Å². The van der Waals surface area contributed by atoms with Crippen LogP contribution in [0.1, 0.15) is 22.9 Å². The van der Waals surface area contributed by atoms with Crippen LogP contribution in [0.2, 0.25) is 0 Å². The second-order valence-corrected chi connectivity index (χ2v) is 3.44. The summed E-state index contributed by atoms with van der Waals surface area (Å²) in [5.74, 6) is 0.570. The van der Waals surface area contributed by atoms with Gasteiger partial charge in [0, 0.05) is 12.6 Å². The summed E-state index contributed by atoms with van der Waals surface area (Å²) in [7, 11) is 0. The first-order valence-corrected chi connectivity index (χ1v) is 4.70. The highest BCUT2D eigenvalue weighted by molar-refractivity contribution is 5.89. The second kappa shape index (κ2) is 3.79. The molecular weight excluding hydrogens is 182 g/mol. The third kappa shape index (κ3) is 1.93. The average Bonchev–Trinajstić information content (AvgIpc) is 2.75. The first-order chi connectivity index (χ1) is 6.75. The Kier molecular flexibility index (Phi) is 2.49. The van der Waals surface area contributed by atoms with Gasteiger partial charge >= 0.3 is 5.91 Å². The van der Waals surface area contributed by atoms with E-state index in [9.17, 15) is 4.79 Å². The topological polar surface area (TPSA) is 67.2 Å². The van der Waals surface area contributed by atoms with E-state index in [1.165, 1.54) is 0 Å². The Morgan fingerprint density at radius 3 is 3.21 bits per heavy atom. The van der Waals surface area contributed by atoms with Crippen molar-refractivity contribution < 1.29 is 9.21 Å². The third-order valence-corrected chi connectivity index (χ3v) is 2.21. The maximum atomic E-state index is 11.5. The van der Waals surface area contributed by atoms with Crippen molar-refractivity contribution in [3.8, 4) is 0 Å². The molecule has 1 unspecified atom stereocenters. The molecule has 2 heterocycles. The van der Waals surface area contributed by atoms with Gasteiger partial charge in [-0.15, -0.1) is 0 Å². The van der Waals surface area contributed by atoms with Crippen LogP contribution >= 0.6 is 0 Å². The summed E-state index contributed by atoms with van der Waals surface area (Å²) in [5.41, 5.74) is 0. The molecule has 1 fully saturated rings. The predicted octanol–water partition coefficient (Wildman–Crippen LogP) is 0.0747. The maximum Gasteiger partial charge on any atom is 0.307 e. The molecule has 1 aromatic rings. The van der Waals surface area contributed by atoms with Gasteiger partial charge < -0.3 is 15.1 Å². The summed E-state index contributed by atoms with van der Waals surface area (Å²) in [6.07, 6.45) is 2.51. The molecule has 1 saturated heterocycles. The maximum absolute atomic E-state index is 11.5. The van der Waals surface area contributed by atoms with E-state index in [1.807, 2.05) is 0 Å². The number of amides is 1. The van der Waals surface area contributed by atoms with Crippen molar-refractivity contribution in [2.75, 3.05) is 13.1 Å². The molecule has 2 N–H and O–H groups in total. The van der Waals surface area contributed by atoms with Gasteiger partial charge in [0.25, 0.3) is 5.89 Å². The Hall–Kier alpha value is -1.36. The van der Waals surface area contributed by atoms with Gasteiger partial charge in [-0.25, -0.2) is 4.98 Å². The molecule has 1 aliphatic heterocycles. The Morgan fingerprint density at radius 2 is 2.64 bits per heavy atom. The van der Waals surface area contributed by atoms with Crippen molar-refractivity contribution in [1.82, 2.24) is 15.6 Å². The second-order valence-electron chi connectivity index (χ2n) is 3.44. The molecule has 5 nitrogen and oxygen atoms in total. The Balaban J connectivity index is 1.95. The lowest BCUT2D eigenvalue weighted by Gasteiger charge is -2.08. The first kappa shape index (κ1) is 9.21. The van der Waals surface area contributed by atoms with E-state index in [-0.39, 0.29) is 17.8 Å². The lowest BCUT2D eigenvalue weighted by Crippen LogP contribution is -2.36. The highest BCUT2D eigenvalue weighted by Gasteiger charge is 2.19. The summed E-state index contributed by atoms with van der Waals surface area (Å²) < 4.78 is 5.11. The van der Waals surface area contributed by atoms with Crippen LogP contribution in [-0.2, 0) is 0 Å². The smallest absolute Gasteiger partial charge is 0.307 e. The van der Waals surface area contributed by atoms with E-state index in [0.717, 1.165) is 19.5 Å². The summed E-state index contributed by atoms with van der Waals surface area (Å²) in [5, 5.41) is 6.02. The van der Waals surface area contributed by atoms with Crippen LogP contribution in [-0.4, -0.2) is 30.0 Å².